The number of rotatable bonds is 2. The molecule has 3 aliphatic rings. The van der Waals surface area contributed by atoms with Crippen molar-refractivity contribution >= 4 is 11.5 Å². The van der Waals surface area contributed by atoms with E-state index >= 15 is 0 Å². The molecule has 0 aromatic heterocycles. The second-order valence-corrected chi connectivity index (χ2v) is 7.89. The van der Waals surface area contributed by atoms with Gasteiger partial charge in [0.2, 0.25) is 0 Å². The summed E-state index contributed by atoms with van der Waals surface area (Å²) in [5, 5.41) is 0. The first-order valence-electron chi connectivity index (χ1n) is 9.22. The second-order valence-electron chi connectivity index (χ2n) is 7.89. The number of carbonyl (C=O) groups excluding carboxylic acids is 1. The number of benzene rings is 1. The van der Waals surface area contributed by atoms with Gasteiger partial charge in [0, 0.05) is 18.8 Å². The predicted octanol–water partition coefficient (Wildman–Crippen LogP) is 4.70. The Hall–Kier alpha value is -2.03. The van der Waals surface area contributed by atoms with Crippen LogP contribution in [-0.2, 0) is 16.0 Å². The van der Waals surface area contributed by atoms with Crippen molar-refractivity contribution < 1.29 is 14.3 Å². The molecule has 0 heterocycles. The molecule has 3 atom stereocenters. The molecule has 0 fully saturated rings. The molecular weight excluding hydrogens is 312 g/mol. The summed E-state index contributed by atoms with van der Waals surface area (Å²) in [4.78, 5) is 11.5. The van der Waals surface area contributed by atoms with Crippen LogP contribution in [0.4, 0.5) is 0 Å². The maximum absolute atomic E-state index is 11.5. The third kappa shape index (κ3) is 2.44. The summed E-state index contributed by atoms with van der Waals surface area (Å²) in [7, 11) is 1.73. The summed E-state index contributed by atoms with van der Waals surface area (Å²) >= 11 is 0. The van der Waals surface area contributed by atoms with E-state index in [2.05, 4.69) is 38.1 Å². The number of esters is 1. The number of carbonyl (C=O) groups is 1. The van der Waals surface area contributed by atoms with E-state index in [-0.39, 0.29) is 17.5 Å². The Morgan fingerprint density at radius 1 is 1.32 bits per heavy atom. The van der Waals surface area contributed by atoms with Crippen molar-refractivity contribution in [2.24, 2.45) is 11.3 Å². The van der Waals surface area contributed by atoms with Crippen LogP contribution in [0, 0.1) is 11.3 Å². The fourth-order valence-corrected chi connectivity index (χ4v) is 5.10. The lowest BCUT2D eigenvalue weighted by Crippen LogP contribution is -2.37. The molecule has 132 valence electrons. The largest absolute Gasteiger partial charge is 0.497 e. The van der Waals surface area contributed by atoms with Crippen LogP contribution in [-0.4, -0.2) is 19.2 Å². The van der Waals surface area contributed by atoms with Crippen molar-refractivity contribution in [3.8, 4) is 5.75 Å². The minimum atomic E-state index is -0.171. The van der Waals surface area contributed by atoms with Crippen LogP contribution in [0.3, 0.4) is 0 Å². The smallest absolute Gasteiger partial charge is 0.302 e. The number of hydrogen-bond donors (Lipinski definition) is 0. The van der Waals surface area contributed by atoms with Crippen LogP contribution in [0.5, 0.6) is 5.75 Å². The zero-order valence-electron chi connectivity index (χ0n) is 15.5. The van der Waals surface area contributed by atoms with Gasteiger partial charge in [0.15, 0.2) is 0 Å². The van der Waals surface area contributed by atoms with E-state index < -0.39 is 0 Å². The van der Waals surface area contributed by atoms with Crippen molar-refractivity contribution in [2.45, 2.75) is 52.6 Å². The Kier molecular flexibility index (Phi) is 3.78. The second kappa shape index (κ2) is 5.76. The summed E-state index contributed by atoms with van der Waals surface area (Å²) < 4.78 is 11.1. The van der Waals surface area contributed by atoms with Crippen LogP contribution >= 0.6 is 0 Å². The van der Waals surface area contributed by atoms with Gasteiger partial charge >= 0.3 is 5.97 Å². The average molecular weight is 338 g/mol. The third-order valence-electron chi connectivity index (χ3n) is 6.34. The molecule has 0 unspecified atom stereocenters. The molecule has 3 heteroatoms. The van der Waals surface area contributed by atoms with Gasteiger partial charge in [-0.1, -0.05) is 26.0 Å². The number of allylic oxidation sites excluding steroid dienone is 2. The highest BCUT2D eigenvalue weighted by atomic mass is 16.5. The first-order valence-corrected chi connectivity index (χ1v) is 9.22. The van der Waals surface area contributed by atoms with E-state index in [1.807, 2.05) is 0 Å². The van der Waals surface area contributed by atoms with Crippen LogP contribution in [0.2, 0.25) is 0 Å². The topological polar surface area (TPSA) is 35.5 Å². The summed E-state index contributed by atoms with van der Waals surface area (Å²) in [6, 6.07) is 6.48. The minimum Gasteiger partial charge on any atom is -0.497 e. The van der Waals surface area contributed by atoms with Crippen molar-refractivity contribution in [1.82, 2.24) is 0 Å². The Labute approximate surface area is 149 Å². The first kappa shape index (κ1) is 16.4. The highest BCUT2D eigenvalue weighted by molar-refractivity contribution is 5.80. The van der Waals surface area contributed by atoms with Gasteiger partial charge in [-0.25, -0.2) is 0 Å². The van der Waals surface area contributed by atoms with Gasteiger partial charge in [0.1, 0.15) is 11.9 Å². The molecular formula is C22H26O3. The zero-order valence-corrected chi connectivity index (χ0v) is 15.5. The average Bonchev–Trinajstić information content (AvgIpc) is 2.90. The quantitative estimate of drug-likeness (QED) is 0.733. The van der Waals surface area contributed by atoms with Gasteiger partial charge in [-0.15, -0.1) is 0 Å². The fraction of sp³-hybridized carbons (Fsp3) is 0.500. The molecule has 0 bridgehead atoms. The van der Waals surface area contributed by atoms with E-state index in [9.17, 15) is 4.79 Å². The molecule has 0 N–H and O–H groups in total. The number of ether oxygens (including phenoxy) is 2. The monoisotopic (exact) mass is 338 g/mol. The lowest BCUT2D eigenvalue weighted by Gasteiger charge is -2.43. The Balaban J connectivity index is 1.78. The molecule has 0 spiro atoms. The van der Waals surface area contributed by atoms with E-state index in [1.54, 1.807) is 7.11 Å². The van der Waals surface area contributed by atoms with Gasteiger partial charge in [-0.05, 0) is 65.2 Å². The lowest BCUT2D eigenvalue weighted by molar-refractivity contribution is -0.150. The highest BCUT2D eigenvalue weighted by Crippen LogP contribution is 2.57. The molecule has 0 saturated carbocycles. The van der Waals surface area contributed by atoms with Crippen LogP contribution < -0.4 is 4.74 Å². The molecule has 1 aromatic rings. The van der Waals surface area contributed by atoms with Crippen molar-refractivity contribution in [1.29, 1.82) is 0 Å². The first-order chi connectivity index (χ1) is 11.9. The van der Waals surface area contributed by atoms with E-state index in [0.29, 0.717) is 5.92 Å². The van der Waals surface area contributed by atoms with E-state index in [0.717, 1.165) is 31.4 Å². The maximum atomic E-state index is 11.5. The molecule has 3 nitrogen and oxygen atoms in total. The Bertz CT molecular complexity index is 801. The Morgan fingerprint density at radius 2 is 2.12 bits per heavy atom. The van der Waals surface area contributed by atoms with E-state index in [1.165, 1.54) is 34.8 Å². The predicted molar refractivity (Wildman–Crippen MR) is 98.4 cm³/mol. The Morgan fingerprint density at radius 3 is 2.84 bits per heavy atom. The van der Waals surface area contributed by atoms with Crippen LogP contribution in [0.1, 0.15) is 51.2 Å². The van der Waals surface area contributed by atoms with Gasteiger partial charge in [0.25, 0.3) is 0 Å². The summed E-state index contributed by atoms with van der Waals surface area (Å²) in [5.74, 6) is 1.25. The summed E-state index contributed by atoms with van der Waals surface area (Å²) in [5.41, 5.74) is 7.15. The minimum absolute atomic E-state index is 0.0153. The molecule has 4 rings (SSSR count). The van der Waals surface area contributed by atoms with Gasteiger partial charge in [-0.3, -0.25) is 4.79 Å². The number of methoxy groups -OCH3 is 1. The molecule has 0 aliphatic heterocycles. The zero-order chi connectivity index (χ0) is 17.8. The maximum Gasteiger partial charge on any atom is 0.302 e. The number of hydrogen-bond acceptors (Lipinski definition) is 3. The SMILES string of the molecule is COc1ccc2c(c1)C[C@@H](C)C1=C2CC[C@]2(C)C1=CC[C@@H]2OC(C)=O. The van der Waals surface area contributed by atoms with Crippen molar-refractivity contribution in [3.05, 3.63) is 46.5 Å². The standard InChI is InChI=1S/C22H26O3/c1-13-11-15-12-16(24-4)5-6-17(15)18-9-10-22(3)19(21(13)18)7-8-20(22)25-14(2)23/h5-7,12-13,20H,8-11H2,1-4H3/t13-,20+,22-/m1/s1. The molecule has 3 aliphatic carbocycles. The van der Waals surface area contributed by atoms with Gasteiger partial charge < -0.3 is 9.47 Å². The fourth-order valence-electron chi connectivity index (χ4n) is 5.10. The summed E-state index contributed by atoms with van der Waals surface area (Å²) in [6.45, 7) is 6.12. The highest BCUT2D eigenvalue weighted by Gasteiger charge is 2.49. The van der Waals surface area contributed by atoms with Gasteiger partial charge in [0.05, 0.1) is 7.11 Å². The van der Waals surface area contributed by atoms with Crippen LogP contribution in [0.15, 0.2) is 35.4 Å². The third-order valence-corrected chi connectivity index (χ3v) is 6.34. The normalized spacial score (nSPS) is 30.2. The lowest BCUT2D eigenvalue weighted by atomic mass is 9.62. The summed E-state index contributed by atoms with van der Waals surface area (Å²) in [6.07, 6.45) is 6.27. The molecule has 0 amide bonds. The molecule has 0 saturated heterocycles. The van der Waals surface area contributed by atoms with Crippen LogP contribution in [0.25, 0.3) is 5.57 Å². The van der Waals surface area contributed by atoms with Crippen molar-refractivity contribution in [2.75, 3.05) is 7.11 Å². The molecule has 25 heavy (non-hydrogen) atoms. The van der Waals surface area contributed by atoms with Gasteiger partial charge in [-0.2, -0.15) is 0 Å². The molecule has 0 radical (unpaired) electrons. The van der Waals surface area contributed by atoms with Crippen molar-refractivity contribution in [3.63, 3.8) is 0 Å². The number of fused-ring (bicyclic) bond motifs is 4. The molecule has 1 aromatic carbocycles. The van der Waals surface area contributed by atoms with E-state index in [4.69, 9.17) is 9.47 Å².